The number of hydrogen-bond acceptors (Lipinski definition) is 2. The van der Waals surface area contributed by atoms with Crippen molar-refractivity contribution in [3.8, 4) is 0 Å². The molecule has 4 rings (SSSR count). The quantitative estimate of drug-likeness (QED) is 0.727. The number of nitrogens with zero attached hydrogens (tertiary/aromatic N) is 3. The van der Waals surface area contributed by atoms with Crippen molar-refractivity contribution in [2.45, 2.75) is 19.4 Å². The third-order valence-electron chi connectivity index (χ3n) is 4.41. The van der Waals surface area contributed by atoms with Crippen LogP contribution in [-0.2, 0) is 11.2 Å². The van der Waals surface area contributed by atoms with Crippen LogP contribution in [0.5, 0.6) is 0 Å². The minimum Gasteiger partial charge on any atom is -0.318 e. The van der Waals surface area contributed by atoms with Crippen molar-refractivity contribution in [2.75, 3.05) is 11.4 Å². The van der Waals surface area contributed by atoms with E-state index in [1.807, 2.05) is 58.9 Å². The summed E-state index contributed by atoms with van der Waals surface area (Å²) in [5.74, 6) is 0.119. The molecular formula is C18H17N3O. The molecule has 0 bridgehead atoms. The molecule has 1 amide bonds. The van der Waals surface area contributed by atoms with Crippen LogP contribution in [0.25, 0.3) is 11.0 Å². The number of benzene rings is 2. The number of para-hydroxylation sites is 3. The molecule has 2 aromatic carbocycles. The number of aromatic nitrogens is 2. The summed E-state index contributed by atoms with van der Waals surface area (Å²) in [5, 5.41) is 0. The van der Waals surface area contributed by atoms with Gasteiger partial charge in [0.2, 0.25) is 5.91 Å². The van der Waals surface area contributed by atoms with Crippen molar-refractivity contribution in [3.05, 3.63) is 60.4 Å². The van der Waals surface area contributed by atoms with Crippen LogP contribution in [0.1, 0.15) is 18.5 Å². The van der Waals surface area contributed by atoms with E-state index in [2.05, 4.69) is 11.1 Å². The monoisotopic (exact) mass is 291 g/mol. The summed E-state index contributed by atoms with van der Waals surface area (Å²) < 4.78 is 1.96. The number of amides is 1. The molecule has 3 aromatic rings. The summed E-state index contributed by atoms with van der Waals surface area (Å²) in [6.45, 7) is 2.70. The second kappa shape index (κ2) is 4.98. The van der Waals surface area contributed by atoms with E-state index in [9.17, 15) is 4.79 Å². The highest BCUT2D eigenvalue weighted by atomic mass is 16.2. The molecular weight excluding hydrogens is 274 g/mol. The Bertz CT molecular complexity index is 852. The van der Waals surface area contributed by atoms with Gasteiger partial charge in [0.15, 0.2) is 0 Å². The fourth-order valence-corrected chi connectivity index (χ4v) is 3.20. The lowest BCUT2D eigenvalue weighted by Gasteiger charge is -2.22. The smallest absolute Gasteiger partial charge is 0.249 e. The minimum atomic E-state index is -0.265. The van der Waals surface area contributed by atoms with Crippen molar-refractivity contribution in [1.29, 1.82) is 0 Å². The summed E-state index contributed by atoms with van der Waals surface area (Å²) >= 11 is 0. The van der Waals surface area contributed by atoms with E-state index >= 15 is 0 Å². The van der Waals surface area contributed by atoms with Gasteiger partial charge >= 0.3 is 0 Å². The number of rotatable bonds is 2. The zero-order valence-corrected chi connectivity index (χ0v) is 12.4. The SMILES string of the molecule is C[C@@H](C(=O)N1CCc2ccccc21)n1cnc2ccccc21. The van der Waals surface area contributed by atoms with Crippen molar-refractivity contribution in [2.24, 2.45) is 0 Å². The van der Waals surface area contributed by atoms with E-state index in [0.717, 1.165) is 29.7 Å². The predicted octanol–water partition coefficient (Wildman–Crippen LogP) is 3.19. The molecule has 1 atom stereocenters. The highest BCUT2D eigenvalue weighted by molar-refractivity contribution is 5.98. The molecule has 2 heterocycles. The molecule has 4 nitrogen and oxygen atoms in total. The molecule has 110 valence electrons. The van der Waals surface area contributed by atoms with Crippen molar-refractivity contribution in [3.63, 3.8) is 0 Å². The maximum absolute atomic E-state index is 12.9. The Balaban J connectivity index is 1.69. The van der Waals surface area contributed by atoms with Gasteiger partial charge in [-0.25, -0.2) is 4.98 Å². The summed E-state index contributed by atoms with van der Waals surface area (Å²) in [5.41, 5.74) is 4.21. The largest absolute Gasteiger partial charge is 0.318 e. The standard InChI is InChI=1S/C18H17N3O/c1-13(21-12-19-15-7-3-5-9-17(15)21)18(22)20-11-10-14-6-2-4-8-16(14)20/h2-9,12-13H,10-11H2,1H3/t13-/m0/s1. The lowest BCUT2D eigenvalue weighted by atomic mass is 10.2. The lowest BCUT2D eigenvalue weighted by molar-refractivity contribution is -0.121. The van der Waals surface area contributed by atoms with Gasteiger partial charge in [-0.2, -0.15) is 0 Å². The van der Waals surface area contributed by atoms with E-state index in [1.54, 1.807) is 6.33 Å². The number of hydrogen-bond donors (Lipinski definition) is 0. The molecule has 0 saturated carbocycles. The predicted molar refractivity (Wildman–Crippen MR) is 86.9 cm³/mol. The Morgan fingerprint density at radius 3 is 2.82 bits per heavy atom. The van der Waals surface area contributed by atoms with Gasteiger partial charge < -0.3 is 9.47 Å². The third-order valence-corrected chi connectivity index (χ3v) is 4.41. The Kier molecular flexibility index (Phi) is 2.96. The van der Waals surface area contributed by atoms with Crippen LogP contribution in [0.2, 0.25) is 0 Å². The average molecular weight is 291 g/mol. The van der Waals surface area contributed by atoms with Crippen LogP contribution in [-0.4, -0.2) is 22.0 Å². The molecule has 0 N–H and O–H groups in total. The molecule has 1 aliphatic heterocycles. The van der Waals surface area contributed by atoms with Gasteiger partial charge in [-0.05, 0) is 37.1 Å². The first-order valence-corrected chi connectivity index (χ1v) is 7.56. The minimum absolute atomic E-state index is 0.119. The second-order valence-electron chi connectivity index (χ2n) is 5.69. The van der Waals surface area contributed by atoms with E-state index in [1.165, 1.54) is 5.56 Å². The first kappa shape index (κ1) is 13.1. The number of carbonyl (C=O) groups excluding carboxylic acids is 1. The van der Waals surface area contributed by atoms with Crippen LogP contribution in [0.15, 0.2) is 54.9 Å². The first-order valence-electron chi connectivity index (χ1n) is 7.56. The number of anilines is 1. The number of imidazole rings is 1. The first-order chi connectivity index (χ1) is 10.8. The van der Waals surface area contributed by atoms with E-state index in [4.69, 9.17) is 0 Å². The van der Waals surface area contributed by atoms with Crippen LogP contribution >= 0.6 is 0 Å². The fraction of sp³-hybridized carbons (Fsp3) is 0.222. The molecule has 1 aliphatic rings. The molecule has 22 heavy (non-hydrogen) atoms. The summed E-state index contributed by atoms with van der Waals surface area (Å²) in [4.78, 5) is 19.2. The lowest BCUT2D eigenvalue weighted by Crippen LogP contribution is -2.34. The molecule has 0 unspecified atom stereocenters. The Hall–Kier alpha value is -2.62. The summed E-state index contributed by atoms with van der Waals surface area (Å²) in [6.07, 6.45) is 2.69. The molecule has 0 radical (unpaired) electrons. The molecule has 1 aromatic heterocycles. The van der Waals surface area contributed by atoms with E-state index in [0.29, 0.717) is 0 Å². The van der Waals surface area contributed by atoms with Crippen LogP contribution in [0.3, 0.4) is 0 Å². The van der Waals surface area contributed by atoms with Gasteiger partial charge in [-0.1, -0.05) is 30.3 Å². The molecule has 0 fully saturated rings. The number of carbonyl (C=O) groups is 1. The fourth-order valence-electron chi connectivity index (χ4n) is 3.20. The molecule has 0 aliphatic carbocycles. The van der Waals surface area contributed by atoms with Crippen molar-refractivity contribution in [1.82, 2.24) is 9.55 Å². The van der Waals surface area contributed by atoms with Crippen LogP contribution in [0, 0.1) is 0 Å². The van der Waals surface area contributed by atoms with Crippen LogP contribution < -0.4 is 4.90 Å². The average Bonchev–Trinajstić information content (AvgIpc) is 3.17. The van der Waals surface area contributed by atoms with E-state index in [-0.39, 0.29) is 11.9 Å². The summed E-state index contributed by atoms with van der Waals surface area (Å²) in [7, 11) is 0. The van der Waals surface area contributed by atoms with Crippen LogP contribution in [0.4, 0.5) is 5.69 Å². The molecule has 0 spiro atoms. The van der Waals surface area contributed by atoms with Gasteiger partial charge in [0.25, 0.3) is 0 Å². The van der Waals surface area contributed by atoms with Gasteiger partial charge in [-0.3, -0.25) is 4.79 Å². The zero-order valence-electron chi connectivity index (χ0n) is 12.4. The Morgan fingerprint density at radius 2 is 1.91 bits per heavy atom. The third kappa shape index (κ3) is 1.91. The zero-order chi connectivity index (χ0) is 15.1. The number of fused-ring (bicyclic) bond motifs is 2. The maximum Gasteiger partial charge on any atom is 0.249 e. The molecule has 0 saturated heterocycles. The van der Waals surface area contributed by atoms with Crippen molar-refractivity contribution >= 4 is 22.6 Å². The normalized spacial score (nSPS) is 15.0. The van der Waals surface area contributed by atoms with E-state index < -0.39 is 0 Å². The molecule has 4 heteroatoms. The van der Waals surface area contributed by atoms with Gasteiger partial charge in [0.1, 0.15) is 6.04 Å². The van der Waals surface area contributed by atoms with Gasteiger partial charge in [0, 0.05) is 12.2 Å². The topological polar surface area (TPSA) is 38.1 Å². The van der Waals surface area contributed by atoms with Crippen molar-refractivity contribution < 1.29 is 4.79 Å². The summed E-state index contributed by atoms with van der Waals surface area (Å²) in [6, 6.07) is 15.8. The van der Waals surface area contributed by atoms with Gasteiger partial charge in [0.05, 0.1) is 17.4 Å². The Labute approximate surface area is 129 Å². The maximum atomic E-state index is 12.9. The highest BCUT2D eigenvalue weighted by Gasteiger charge is 2.29. The second-order valence-corrected chi connectivity index (χ2v) is 5.69. The van der Waals surface area contributed by atoms with Gasteiger partial charge in [-0.15, -0.1) is 0 Å². The highest BCUT2D eigenvalue weighted by Crippen LogP contribution is 2.30. The Morgan fingerprint density at radius 1 is 1.14 bits per heavy atom.